The molecule has 3 N–H and O–H groups in total. The summed E-state index contributed by atoms with van der Waals surface area (Å²) in [5.74, 6) is -0.891. The van der Waals surface area contributed by atoms with Gasteiger partial charge in [0.2, 0.25) is 5.91 Å². The van der Waals surface area contributed by atoms with E-state index in [0.29, 0.717) is 0 Å². The lowest BCUT2D eigenvalue weighted by Gasteiger charge is -2.38. The molecular weight excluding hydrogens is 577 g/mol. The molecule has 0 aliphatic carbocycles. The van der Waals surface area contributed by atoms with E-state index >= 15 is 0 Å². The summed E-state index contributed by atoms with van der Waals surface area (Å²) in [7, 11) is 1.52. The molecule has 4 amide bonds. The van der Waals surface area contributed by atoms with Gasteiger partial charge in [0.25, 0.3) is 5.91 Å². The second-order valence-electron chi connectivity index (χ2n) is 10.9. The molecule has 12 heteroatoms. The molecule has 3 aromatic rings. The minimum Gasteiger partial charge on any atom is -0.485 e. The van der Waals surface area contributed by atoms with Crippen molar-refractivity contribution in [2.24, 2.45) is 5.92 Å². The van der Waals surface area contributed by atoms with Crippen LogP contribution < -0.4 is 15.4 Å². The molecule has 1 heterocycles. The molecule has 44 heavy (non-hydrogen) atoms. The van der Waals surface area contributed by atoms with Gasteiger partial charge in [-0.1, -0.05) is 43.3 Å². The van der Waals surface area contributed by atoms with Crippen LogP contribution in [0.5, 0.6) is 5.75 Å². The highest BCUT2D eigenvalue weighted by molar-refractivity contribution is 6.02. The number of nitrogens with zero attached hydrogens (tertiary/aromatic N) is 2. The Morgan fingerprint density at radius 2 is 1.73 bits per heavy atom. The summed E-state index contributed by atoms with van der Waals surface area (Å²) in [5.41, 5.74) is 0.628. The Kier molecular flexibility index (Phi) is 10.1. The summed E-state index contributed by atoms with van der Waals surface area (Å²) in [5, 5.41) is 15.3. The Morgan fingerprint density at radius 3 is 2.36 bits per heavy atom. The Morgan fingerprint density at radius 1 is 1.05 bits per heavy atom. The summed E-state index contributed by atoms with van der Waals surface area (Å²) < 4.78 is 45.2. The van der Waals surface area contributed by atoms with Gasteiger partial charge in [0.15, 0.2) is 5.75 Å². The number of carbonyl (C=O) groups is 3. The molecule has 3 aromatic carbocycles. The molecule has 4 rings (SSSR count). The van der Waals surface area contributed by atoms with Crippen molar-refractivity contribution in [3.05, 3.63) is 89.5 Å². The Hall–Kier alpha value is -4.58. The summed E-state index contributed by atoms with van der Waals surface area (Å²) >= 11 is 0. The van der Waals surface area contributed by atoms with E-state index in [1.54, 1.807) is 25.1 Å². The predicted octanol–water partition coefficient (Wildman–Crippen LogP) is 5.27. The number of likely N-dealkylation sites (N-methyl/N-ethyl adjacent to an activating group) is 1. The summed E-state index contributed by atoms with van der Waals surface area (Å²) in [4.78, 5) is 42.5. The lowest BCUT2D eigenvalue weighted by Crippen LogP contribution is -2.50. The van der Waals surface area contributed by atoms with Gasteiger partial charge in [0.05, 0.1) is 42.4 Å². The second-order valence-corrected chi connectivity index (χ2v) is 10.9. The average Bonchev–Trinajstić information content (AvgIpc) is 2.99. The number of aliphatic hydroxyl groups is 1. The maximum absolute atomic E-state index is 13.7. The molecule has 9 nitrogen and oxygen atoms in total. The number of amides is 4. The normalized spacial score (nSPS) is 17.4. The zero-order valence-electron chi connectivity index (χ0n) is 24.6. The third kappa shape index (κ3) is 7.87. The molecule has 0 saturated heterocycles. The number of nitrogens with one attached hydrogen (secondary N) is 2. The molecule has 0 bridgehead atoms. The first-order valence-corrected chi connectivity index (χ1v) is 14.1. The molecule has 234 valence electrons. The minimum absolute atomic E-state index is 0.0366. The summed E-state index contributed by atoms with van der Waals surface area (Å²) in [6.45, 7) is 3.54. The van der Waals surface area contributed by atoms with E-state index in [4.69, 9.17) is 4.74 Å². The van der Waals surface area contributed by atoms with Crippen LogP contribution in [0.4, 0.5) is 29.3 Å². The molecule has 3 atom stereocenters. The largest absolute Gasteiger partial charge is 0.485 e. The van der Waals surface area contributed by atoms with Crippen molar-refractivity contribution >= 4 is 29.2 Å². The van der Waals surface area contributed by atoms with Crippen LogP contribution >= 0.6 is 0 Å². The third-order valence-corrected chi connectivity index (χ3v) is 7.44. The number of para-hydroxylation sites is 1. The van der Waals surface area contributed by atoms with Crippen molar-refractivity contribution in [3.63, 3.8) is 0 Å². The van der Waals surface area contributed by atoms with Crippen molar-refractivity contribution in [3.8, 4) is 5.75 Å². The molecule has 0 saturated carbocycles. The fraction of sp³-hybridized carbons (Fsp3) is 0.344. The highest BCUT2D eigenvalue weighted by atomic mass is 19.4. The van der Waals surface area contributed by atoms with Gasteiger partial charge in [0.1, 0.15) is 6.10 Å². The summed E-state index contributed by atoms with van der Waals surface area (Å²) in [6.07, 6.45) is -5.08. The SMILES string of the molecule is C[C@H](CO)N1C[C@H](C)[C@@H](CN(C)C(=O)Nc2ccc(C(F)(F)F)cc2)Oc2c(NC(=O)Cc3ccccc3)cccc2C1=O. The zero-order chi connectivity index (χ0) is 32.0. The van der Waals surface area contributed by atoms with E-state index in [0.717, 1.165) is 17.7 Å². The van der Waals surface area contributed by atoms with Crippen LogP contribution in [0.3, 0.4) is 0 Å². The maximum Gasteiger partial charge on any atom is 0.416 e. The van der Waals surface area contributed by atoms with Crippen LogP contribution in [0.2, 0.25) is 0 Å². The Bertz CT molecular complexity index is 1470. The number of rotatable bonds is 8. The van der Waals surface area contributed by atoms with Crippen molar-refractivity contribution in [1.82, 2.24) is 9.80 Å². The molecular formula is C32H35F3N4O5. The highest BCUT2D eigenvalue weighted by Crippen LogP contribution is 2.35. The lowest BCUT2D eigenvalue weighted by atomic mass is 9.99. The fourth-order valence-corrected chi connectivity index (χ4v) is 4.85. The number of urea groups is 1. The highest BCUT2D eigenvalue weighted by Gasteiger charge is 2.35. The minimum atomic E-state index is -4.50. The standard InChI is InChI=1S/C32H35F3N4O5/c1-20-17-39(21(2)19-40)30(42)25-10-7-11-26(37-28(41)16-22-8-5-4-6-9-22)29(25)44-27(20)18-38(3)31(43)36-24-14-12-23(13-15-24)32(33,34)35/h4-15,20-21,27,40H,16-19H2,1-3H3,(H,36,43)(H,37,41)/t20-,21+,27+/m0/s1. The first-order valence-electron chi connectivity index (χ1n) is 14.1. The topological polar surface area (TPSA) is 111 Å². The van der Waals surface area contributed by atoms with Crippen molar-refractivity contribution in [1.29, 1.82) is 0 Å². The smallest absolute Gasteiger partial charge is 0.416 e. The number of hydrogen-bond acceptors (Lipinski definition) is 5. The number of benzene rings is 3. The van der Waals surface area contributed by atoms with Crippen molar-refractivity contribution in [2.75, 3.05) is 37.4 Å². The van der Waals surface area contributed by atoms with E-state index in [-0.39, 0.29) is 66.5 Å². The van der Waals surface area contributed by atoms with Crippen LogP contribution in [-0.4, -0.2) is 71.6 Å². The number of hydrogen-bond donors (Lipinski definition) is 3. The number of ether oxygens (including phenoxy) is 1. The van der Waals surface area contributed by atoms with Gasteiger partial charge < -0.3 is 30.3 Å². The Labute approximate surface area is 253 Å². The van der Waals surface area contributed by atoms with Crippen LogP contribution in [0.25, 0.3) is 0 Å². The van der Waals surface area contributed by atoms with E-state index in [1.807, 2.05) is 37.3 Å². The van der Waals surface area contributed by atoms with Gasteiger partial charge in [-0.15, -0.1) is 0 Å². The van der Waals surface area contributed by atoms with Crippen LogP contribution in [0.1, 0.15) is 35.3 Å². The van der Waals surface area contributed by atoms with Gasteiger partial charge >= 0.3 is 12.2 Å². The van der Waals surface area contributed by atoms with Crippen LogP contribution in [0.15, 0.2) is 72.8 Å². The van der Waals surface area contributed by atoms with Gasteiger partial charge in [-0.25, -0.2) is 4.79 Å². The predicted molar refractivity (Wildman–Crippen MR) is 159 cm³/mol. The Balaban J connectivity index is 1.58. The monoisotopic (exact) mass is 612 g/mol. The number of anilines is 2. The van der Waals surface area contributed by atoms with Gasteiger partial charge in [-0.3, -0.25) is 9.59 Å². The van der Waals surface area contributed by atoms with Gasteiger partial charge in [-0.05, 0) is 48.9 Å². The molecule has 0 unspecified atom stereocenters. The molecule has 0 fully saturated rings. The van der Waals surface area contributed by atoms with Crippen molar-refractivity contribution in [2.45, 2.75) is 38.6 Å². The lowest BCUT2D eigenvalue weighted by molar-refractivity contribution is -0.137. The first-order chi connectivity index (χ1) is 20.9. The van der Waals surface area contributed by atoms with E-state index in [1.165, 1.54) is 29.0 Å². The number of carbonyl (C=O) groups excluding carboxylic acids is 3. The molecule has 1 aliphatic heterocycles. The van der Waals surface area contributed by atoms with Gasteiger partial charge in [-0.2, -0.15) is 13.2 Å². The molecule has 0 radical (unpaired) electrons. The van der Waals surface area contributed by atoms with Crippen LogP contribution in [0, 0.1) is 5.92 Å². The third-order valence-electron chi connectivity index (χ3n) is 7.44. The number of halogens is 3. The van der Waals surface area contributed by atoms with Gasteiger partial charge in [0, 0.05) is 25.2 Å². The molecule has 0 aromatic heterocycles. The van der Waals surface area contributed by atoms with E-state index < -0.39 is 29.9 Å². The molecule has 0 spiro atoms. The number of alkyl halides is 3. The number of aliphatic hydroxyl groups excluding tert-OH is 1. The maximum atomic E-state index is 13.7. The average molecular weight is 613 g/mol. The first kappa shape index (κ1) is 32.3. The zero-order valence-corrected chi connectivity index (χ0v) is 24.6. The van der Waals surface area contributed by atoms with E-state index in [2.05, 4.69) is 10.6 Å². The second kappa shape index (κ2) is 13.8. The molecule has 1 aliphatic rings. The van der Waals surface area contributed by atoms with E-state index in [9.17, 15) is 32.7 Å². The number of fused-ring (bicyclic) bond motifs is 1. The van der Waals surface area contributed by atoms with Crippen LogP contribution in [-0.2, 0) is 17.4 Å². The van der Waals surface area contributed by atoms with Crippen molar-refractivity contribution < 1.29 is 37.4 Å². The quantitative estimate of drug-likeness (QED) is 0.321. The summed E-state index contributed by atoms with van der Waals surface area (Å²) in [6, 6.07) is 17.0. The fourth-order valence-electron chi connectivity index (χ4n) is 4.85.